The number of hydrogen-bond acceptors (Lipinski definition) is 5. The van der Waals surface area contributed by atoms with Crippen LogP contribution in [0.1, 0.15) is 16.1 Å². The summed E-state index contributed by atoms with van der Waals surface area (Å²) in [5.74, 6) is -0.506. The van der Waals surface area contributed by atoms with Gasteiger partial charge in [-0.1, -0.05) is 23.5 Å². The molecule has 3 aromatic rings. The van der Waals surface area contributed by atoms with Gasteiger partial charge in [0.2, 0.25) is 5.91 Å². The Morgan fingerprint density at radius 1 is 1.23 bits per heavy atom. The third kappa shape index (κ3) is 4.27. The van der Waals surface area contributed by atoms with Crippen molar-refractivity contribution in [3.05, 3.63) is 58.9 Å². The fraction of sp³-hybridized carbons (Fsp3) is 0.188. The third-order valence-corrected chi connectivity index (χ3v) is 4.36. The molecule has 0 aliphatic rings. The van der Waals surface area contributed by atoms with E-state index >= 15 is 0 Å². The van der Waals surface area contributed by atoms with Gasteiger partial charge in [-0.15, -0.1) is 0 Å². The van der Waals surface area contributed by atoms with Crippen LogP contribution >= 0.6 is 11.3 Å². The van der Waals surface area contributed by atoms with E-state index in [4.69, 9.17) is 5.11 Å². The number of hydrogen-bond donors (Lipinski definition) is 2. The second-order valence-corrected chi connectivity index (χ2v) is 6.36. The molecule has 26 heavy (non-hydrogen) atoms. The van der Waals surface area contributed by atoms with E-state index in [1.165, 1.54) is 0 Å². The van der Waals surface area contributed by atoms with Gasteiger partial charge in [0.1, 0.15) is 4.88 Å². The number of anilines is 1. The van der Waals surface area contributed by atoms with Crippen LogP contribution in [0.25, 0.3) is 5.69 Å². The van der Waals surface area contributed by atoms with Gasteiger partial charge in [-0.3, -0.25) is 4.79 Å². The molecule has 0 saturated heterocycles. The summed E-state index contributed by atoms with van der Waals surface area (Å²) in [4.78, 5) is 14.6. The molecule has 1 amide bonds. The van der Waals surface area contributed by atoms with E-state index in [1.807, 2.05) is 0 Å². The second kappa shape index (κ2) is 7.26. The van der Waals surface area contributed by atoms with Gasteiger partial charge in [0.25, 0.3) is 0 Å². The molecule has 0 aliphatic heterocycles. The normalized spacial score (nSPS) is 11.5. The fourth-order valence-electron chi connectivity index (χ4n) is 2.14. The highest BCUT2D eigenvalue weighted by atomic mass is 32.1. The Labute approximate surface area is 149 Å². The van der Waals surface area contributed by atoms with Crippen molar-refractivity contribution < 1.29 is 23.1 Å². The van der Waals surface area contributed by atoms with Crippen LogP contribution in [0.4, 0.5) is 18.3 Å². The van der Waals surface area contributed by atoms with Gasteiger partial charge in [-0.2, -0.15) is 18.3 Å². The average molecular weight is 382 g/mol. The van der Waals surface area contributed by atoms with Crippen molar-refractivity contribution >= 4 is 22.4 Å². The molecule has 0 radical (unpaired) electrons. The minimum Gasteiger partial charge on any atom is -0.392 e. The van der Waals surface area contributed by atoms with Crippen molar-refractivity contribution in [3.63, 3.8) is 0 Å². The summed E-state index contributed by atoms with van der Waals surface area (Å²) in [6, 6.07) is 8.70. The lowest BCUT2D eigenvalue weighted by Crippen LogP contribution is -2.14. The van der Waals surface area contributed by atoms with E-state index in [-0.39, 0.29) is 18.2 Å². The molecule has 2 heterocycles. The zero-order valence-corrected chi connectivity index (χ0v) is 14.0. The van der Waals surface area contributed by atoms with E-state index in [1.54, 1.807) is 41.2 Å². The van der Waals surface area contributed by atoms with Gasteiger partial charge in [0.15, 0.2) is 5.13 Å². The van der Waals surface area contributed by atoms with Crippen LogP contribution in [0, 0.1) is 0 Å². The van der Waals surface area contributed by atoms with E-state index in [0.29, 0.717) is 23.2 Å². The maximum atomic E-state index is 12.5. The van der Waals surface area contributed by atoms with Gasteiger partial charge >= 0.3 is 6.18 Å². The number of carbonyl (C=O) groups excluding carboxylic acids is 1. The molecule has 136 valence electrons. The van der Waals surface area contributed by atoms with E-state index in [2.05, 4.69) is 15.4 Å². The van der Waals surface area contributed by atoms with Crippen LogP contribution in [0.2, 0.25) is 0 Å². The molecular formula is C16H13F3N4O2S. The Morgan fingerprint density at radius 2 is 1.96 bits per heavy atom. The van der Waals surface area contributed by atoms with Gasteiger partial charge < -0.3 is 10.4 Å². The lowest BCUT2D eigenvalue weighted by atomic mass is 10.2. The lowest BCUT2D eigenvalue weighted by molar-refractivity contribution is -0.134. The maximum absolute atomic E-state index is 12.5. The number of carbonyl (C=O) groups is 1. The van der Waals surface area contributed by atoms with Crippen LogP contribution in [0.15, 0.2) is 42.7 Å². The van der Waals surface area contributed by atoms with Crippen molar-refractivity contribution in [2.75, 3.05) is 5.32 Å². The summed E-state index contributed by atoms with van der Waals surface area (Å²) in [6.07, 6.45) is -2.22. The van der Waals surface area contributed by atoms with Gasteiger partial charge in [0.05, 0.1) is 30.6 Å². The highest BCUT2D eigenvalue weighted by Crippen LogP contribution is 2.34. The number of amides is 1. The Balaban J connectivity index is 1.63. The number of rotatable bonds is 5. The van der Waals surface area contributed by atoms with Crippen molar-refractivity contribution in [1.82, 2.24) is 14.8 Å². The smallest absolute Gasteiger partial charge is 0.392 e. The molecule has 0 atom stereocenters. The summed E-state index contributed by atoms with van der Waals surface area (Å²) in [5.41, 5.74) is 1.98. The maximum Gasteiger partial charge on any atom is 0.427 e. The van der Waals surface area contributed by atoms with Crippen molar-refractivity contribution in [2.24, 2.45) is 0 Å². The van der Waals surface area contributed by atoms with Gasteiger partial charge in [0, 0.05) is 6.20 Å². The summed E-state index contributed by atoms with van der Waals surface area (Å²) >= 11 is 0.370. The zero-order chi connectivity index (χ0) is 18.7. The molecule has 1 aromatic carbocycles. The summed E-state index contributed by atoms with van der Waals surface area (Å²) in [7, 11) is 0. The van der Waals surface area contributed by atoms with Crippen LogP contribution in [-0.4, -0.2) is 25.8 Å². The van der Waals surface area contributed by atoms with Crippen molar-refractivity contribution in [1.29, 1.82) is 0 Å². The third-order valence-electron chi connectivity index (χ3n) is 3.40. The number of halogens is 3. The molecule has 10 heteroatoms. The Kier molecular flexibility index (Phi) is 5.05. The number of nitrogens with one attached hydrogen (secondary N) is 1. The predicted molar refractivity (Wildman–Crippen MR) is 88.9 cm³/mol. The molecule has 0 aliphatic carbocycles. The highest BCUT2D eigenvalue weighted by Gasteiger charge is 2.33. The van der Waals surface area contributed by atoms with E-state index in [0.717, 1.165) is 11.3 Å². The molecule has 0 bridgehead atoms. The van der Waals surface area contributed by atoms with Crippen LogP contribution in [0.5, 0.6) is 0 Å². The first-order valence-electron chi connectivity index (χ1n) is 7.43. The summed E-state index contributed by atoms with van der Waals surface area (Å²) in [6.45, 7) is -0.0579. The number of aliphatic hydroxyl groups is 1. The highest BCUT2D eigenvalue weighted by molar-refractivity contribution is 7.15. The largest absolute Gasteiger partial charge is 0.427 e. The molecule has 0 unspecified atom stereocenters. The first kappa shape index (κ1) is 18.1. The molecule has 6 nitrogen and oxygen atoms in total. The Morgan fingerprint density at radius 3 is 2.58 bits per heavy atom. The molecule has 0 spiro atoms. The molecule has 3 rings (SSSR count). The standard InChI is InChI=1S/C16H13F3N4O2S/c17-16(18,19)13-8-20-15(26-13)21-14(25)7-11-5-6-23(22-11)12-3-1-10(9-24)2-4-12/h1-6,8,24H,7,9H2,(H,20,21,25). The summed E-state index contributed by atoms with van der Waals surface area (Å²) < 4.78 is 39.1. The number of nitrogens with zero attached hydrogens (tertiary/aromatic N) is 3. The first-order valence-corrected chi connectivity index (χ1v) is 8.24. The van der Waals surface area contributed by atoms with Gasteiger partial charge in [-0.05, 0) is 23.8 Å². The van der Waals surface area contributed by atoms with Crippen molar-refractivity contribution in [2.45, 2.75) is 19.2 Å². The molecule has 2 N–H and O–H groups in total. The Bertz CT molecular complexity index is 903. The topological polar surface area (TPSA) is 80.0 Å². The lowest BCUT2D eigenvalue weighted by Gasteiger charge is -2.03. The molecule has 0 fully saturated rings. The number of benzene rings is 1. The number of aliphatic hydroxyl groups excluding tert-OH is 1. The average Bonchev–Trinajstić information content (AvgIpc) is 3.24. The van der Waals surface area contributed by atoms with E-state index in [9.17, 15) is 18.0 Å². The fourth-order valence-corrected chi connectivity index (χ4v) is 2.84. The second-order valence-electron chi connectivity index (χ2n) is 5.33. The van der Waals surface area contributed by atoms with Crippen LogP contribution in [0.3, 0.4) is 0 Å². The summed E-state index contributed by atoms with van der Waals surface area (Å²) in [5, 5.41) is 15.5. The predicted octanol–water partition coefficient (Wildman–Crippen LogP) is 3.02. The Hall–Kier alpha value is -2.72. The quantitative estimate of drug-likeness (QED) is 0.711. The minimum absolute atomic E-state index is 0.0579. The van der Waals surface area contributed by atoms with Crippen molar-refractivity contribution in [3.8, 4) is 5.69 Å². The number of aromatic nitrogens is 3. The van der Waals surface area contributed by atoms with Gasteiger partial charge in [-0.25, -0.2) is 9.67 Å². The SMILES string of the molecule is O=C(Cc1ccn(-c2ccc(CO)cc2)n1)Nc1ncc(C(F)(F)F)s1. The number of alkyl halides is 3. The van der Waals surface area contributed by atoms with Crippen LogP contribution < -0.4 is 5.32 Å². The minimum atomic E-state index is -4.48. The van der Waals surface area contributed by atoms with Crippen LogP contribution in [-0.2, 0) is 24.0 Å². The zero-order valence-electron chi connectivity index (χ0n) is 13.2. The number of thiazole rings is 1. The monoisotopic (exact) mass is 382 g/mol. The molecule has 0 saturated carbocycles. The molecular weight excluding hydrogens is 369 g/mol. The first-order chi connectivity index (χ1) is 12.3. The van der Waals surface area contributed by atoms with E-state index < -0.39 is 17.0 Å². The molecule has 2 aromatic heterocycles.